The topological polar surface area (TPSA) is 49.4 Å². The van der Waals surface area contributed by atoms with E-state index in [1.54, 1.807) is 30.0 Å². The van der Waals surface area contributed by atoms with E-state index in [1.165, 1.54) is 11.8 Å². The predicted octanol–water partition coefficient (Wildman–Crippen LogP) is 5.60. The van der Waals surface area contributed by atoms with E-state index in [4.69, 9.17) is 23.2 Å². The van der Waals surface area contributed by atoms with Crippen LogP contribution in [0.1, 0.15) is 38.3 Å². The molecule has 0 spiro atoms. The Labute approximate surface area is 199 Å². The van der Waals surface area contributed by atoms with Crippen LogP contribution in [0.15, 0.2) is 48.5 Å². The molecule has 0 fully saturated rings. The second kappa shape index (κ2) is 13.0. The van der Waals surface area contributed by atoms with Gasteiger partial charge in [-0.1, -0.05) is 66.5 Å². The third-order valence-corrected chi connectivity index (χ3v) is 6.84. The minimum absolute atomic E-state index is 0.0674. The third kappa shape index (κ3) is 8.06. The van der Waals surface area contributed by atoms with Crippen LogP contribution in [0.25, 0.3) is 0 Å². The number of benzene rings is 2. The fraction of sp³-hybridized carbons (Fsp3) is 0.417. The van der Waals surface area contributed by atoms with E-state index in [2.05, 4.69) is 5.32 Å². The van der Waals surface area contributed by atoms with Gasteiger partial charge in [0.15, 0.2) is 0 Å². The number of hydrogen-bond donors (Lipinski definition) is 1. The number of nitrogens with one attached hydrogen (secondary N) is 1. The van der Waals surface area contributed by atoms with Crippen molar-refractivity contribution in [3.8, 4) is 0 Å². The van der Waals surface area contributed by atoms with Gasteiger partial charge < -0.3 is 10.2 Å². The number of carbonyl (C=O) groups is 2. The largest absolute Gasteiger partial charge is 0.352 e. The summed E-state index contributed by atoms with van der Waals surface area (Å²) in [5, 5.41) is 4.17. The van der Waals surface area contributed by atoms with E-state index in [1.807, 2.05) is 44.2 Å². The zero-order valence-corrected chi connectivity index (χ0v) is 20.6. The molecule has 0 bridgehead atoms. The Morgan fingerprint density at radius 1 is 1.03 bits per heavy atom. The molecule has 0 aliphatic carbocycles. The molecule has 0 aliphatic rings. The number of nitrogens with zero attached hydrogens (tertiary/aromatic N) is 1. The van der Waals surface area contributed by atoms with Crippen molar-refractivity contribution in [1.29, 1.82) is 0 Å². The lowest BCUT2D eigenvalue weighted by Crippen LogP contribution is -2.51. The summed E-state index contributed by atoms with van der Waals surface area (Å²) in [6.07, 6.45) is 1.53. The van der Waals surface area contributed by atoms with Crippen molar-refractivity contribution >= 4 is 46.8 Å². The van der Waals surface area contributed by atoms with Gasteiger partial charge in [0.2, 0.25) is 11.8 Å². The molecule has 0 unspecified atom stereocenters. The molecule has 0 aromatic heterocycles. The van der Waals surface area contributed by atoms with Crippen LogP contribution in [-0.4, -0.2) is 41.1 Å². The standard InChI is InChI=1S/C24H30Cl2N2O2S/c1-4-17(2)27-24(30)18(3)28(14-13-19-9-6-5-7-10-19)23(29)16-31-15-20-21(25)11-8-12-22(20)26/h5-12,17-18H,4,13-16H2,1-3H3,(H,27,30)/t17-,18+/m0/s1. The van der Waals surface area contributed by atoms with Gasteiger partial charge in [-0.15, -0.1) is 11.8 Å². The maximum absolute atomic E-state index is 13.1. The van der Waals surface area contributed by atoms with Gasteiger partial charge in [0, 0.05) is 28.4 Å². The summed E-state index contributed by atoms with van der Waals surface area (Å²) >= 11 is 13.9. The fourth-order valence-corrected chi connectivity index (χ4v) is 4.68. The Balaban J connectivity index is 2.04. The molecule has 1 N–H and O–H groups in total. The smallest absolute Gasteiger partial charge is 0.242 e. The van der Waals surface area contributed by atoms with Crippen molar-refractivity contribution in [2.24, 2.45) is 0 Å². The van der Waals surface area contributed by atoms with Crippen LogP contribution in [0.2, 0.25) is 10.0 Å². The normalized spacial score (nSPS) is 12.8. The fourth-order valence-electron chi connectivity index (χ4n) is 3.03. The lowest BCUT2D eigenvalue weighted by Gasteiger charge is -2.29. The second-order valence-electron chi connectivity index (χ2n) is 7.51. The first kappa shape index (κ1) is 25.6. The van der Waals surface area contributed by atoms with Crippen LogP contribution in [-0.2, 0) is 21.8 Å². The van der Waals surface area contributed by atoms with E-state index < -0.39 is 6.04 Å². The molecular formula is C24H30Cl2N2O2S. The monoisotopic (exact) mass is 480 g/mol. The van der Waals surface area contributed by atoms with Crippen LogP contribution in [0.4, 0.5) is 0 Å². The second-order valence-corrected chi connectivity index (χ2v) is 9.31. The molecule has 2 aromatic carbocycles. The summed E-state index contributed by atoms with van der Waals surface area (Å²) in [5.74, 6) is 0.576. The van der Waals surface area contributed by atoms with Gasteiger partial charge in [0.1, 0.15) is 6.04 Å². The highest BCUT2D eigenvalue weighted by Gasteiger charge is 2.26. The van der Waals surface area contributed by atoms with E-state index >= 15 is 0 Å². The van der Waals surface area contributed by atoms with Crippen LogP contribution >= 0.6 is 35.0 Å². The number of halogens is 2. The summed E-state index contributed by atoms with van der Waals surface area (Å²) < 4.78 is 0. The Morgan fingerprint density at radius 3 is 2.29 bits per heavy atom. The van der Waals surface area contributed by atoms with Crippen molar-refractivity contribution in [3.05, 3.63) is 69.7 Å². The summed E-state index contributed by atoms with van der Waals surface area (Å²) in [4.78, 5) is 27.5. The average Bonchev–Trinajstić information content (AvgIpc) is 2.76. The van der Waals surface area contributed by atoms with Gasteiger partial charge in [-0.2, -0.15) is 0 Å². The quantitative estimate of drug-likeness (QED) is 0.455. The molecule has 4 nitrogen and oxygen atoms in total. The van der Waals surface area contributed by atoms with Crippen LogP contribution < -0.4 is 5.32 Å². The van der Waals surface area contributed by atoms with Gasteiger partial charge in [-0.05, 0) is 49.9 Å². The average molecular weight is 481 g/mol. The third-order valence-electron chi connectivity index (χ3n) is 5.19. The first-order valence-corrected chi connectivity index (χ1v) is 12.4. The summed E-state index contributed by atoms with van der Waals surface area (Å²) in [5.41, 5.74) is 1.95. The molecule has 0 saturated carbocycles. The number of hydrogen-bond acceptors (Lipinski definition) is 3. The SMILES string of the molecule is CC[C@H](C)NC(=O)[C@@H](C)N(CCc1ccccc1)C(=O)CSCc1c(Cl)cccc1Cl. The molecule has 2 atom stereocenters. The molecule has 0 heterocycles. The summed E-state index contributed by atoms with van der Waals surface area (Å²) in [6, 6.07) is 14.9. The lowest BCUT2D eigenvalue weighted by molar-refractivity contribution is -0.138. The molecule has 2 aromatic rings. The Kier molecular flexibility index (Phi) is 10.7. The number of rotatable bonds is 11. The minimum Gasteiger partial charge on any atom is -0.352 e. The zero-order valence-electron chi connectivity index (χ0n) is 18.2. The van der Waals surface area contributed by atoms with Gasteiger partial charge in [-0.25, -0.2) is 0 Å². The Bertz CT molecular complexity index is 844. The minimum atomic E-state index is -0.547. The van der Waals surface area contributed by atoms with Crippen LogP contribution in [0, 0.1) is 0 Å². The summed E-state index contributed by atoms with van der Waals surface area (Å²) in [7, 11) is 0. The molecule has 2 amide bonds. The highest BCUT2D eigenvalue weighted by Crippen LogP contribution is 2.28. The maximum Gasteiger partial charge on any atom is 0.242 e. The van der Waals surface area contributed by atoms with Crippen molar-refractivity contribution in [1.82, 2.24) is 10.2 Å². The zero-order chi connectivity index (χ0) is 22.8. The molecule has 31 heavy (non-hydrogen) atoms. The van der Waals surface area contributed by atoms with E-state index in [-0.39, 0.29) is 23.6 Å². The van der Waals surface area contributed by atoms with Gasteiger partial charge in [-0.3, -0.25) is 9.59 Å². The van der Waals surface area contributed by atoms with Gasteiger partial charge in [0.05, 0.1) is 5.75 Å². The number of thioether (sulfide) groups is 1. The van der Waals surface area contributed by atoms with Crippen LogP contribution in [0.3, 0.4) is 0 Å². The van der Waals surface area contributed by atoms with E-state index in [9.17, 15) is 9.59 Å². The number of carbonyl (C=O) groups excluding carboxylic acids is 2. The van der Waals surface area contributed by atoms with Crippen LogP contribution in [0.5, 0.6) is 0 Å². The molecule has 2 rings (SSSR count). The Hall–Kier alpha value is -1.69. The van der Waals surface area contributed by atoms with Crippen molar-refractivity contribution < 1.29 is 9.59 Å². The highest BCUT2D eigenvalue weighted by molar-refractivity contribution is 7.99. The molecule has 0 saturated heterocycles. The first-order chi connectivity index (χ1) is 14.8. The maximum atomic E-state index is 13.1. The molecule has 7 heteroatoms. The highest BCUT2D eigenvalue weighted by atomic mass is 35.5. The molecule has 0 radical (unpaired) electrons. The van der Waals surface area contributed by atoms with E-state index in [0.717, 1.165) is 17.5 Å². The van der Waals surface area contributed by atoms with Crippen molar-refractivity contribution in [2.45, 2.75) is 51.4 Å². The van der Waals surface area contributed by atoms with E-state index in [0.29, 0.717) is 28.8 Å². The summed E-state index contributed by atoms with van der Waals surface area (Å²) in [6.45, 7) is 6.25. The first-order valence-electron chi connectivity index (χ1n) is 10.5. The van der Waals surface area contributed by atoms with Crippen molar-refractivity contribution in [3.63, 3.8) is 0 Å². The molecule has 0 aliphatic heterocycles. The molecule has 168 valence electrons. The molecular weight excluding hydrogens is 451 g/mol. The lowest BCUT2D eigenvalue weighted by atomic mass is 10.1. The predicted molar refractivity (Wildman–Crippen MR) is 132 cm³/mol. The number of amides is 2. The Morgan fingerprint density at radius 2 is 1.68 bits per heavy atom. The van der Waals surface area contributed by atoms with Gasteiger partial charge in [0.25, 0.3) is 0 Å². The van der Waals surface area contributed by atoms with Gasteiger partial charge >= 0.3 is 0 Å². The van der Waals surface area contributed by atoms with Crippen molar-refractivity contribution in [2.75, 3.05) is 12.3 Å².